The van der Waals surface area contributed by atoms with E-state index in [1.807, 2.05) is 19.1 Å². The Hall–Kier alpha value is -0.730. The van der Waals surface area contributed by atoms with E-state index in [0.717, 1.165) is 36.6 Å². The Balaban J connectivity index is 2.22. The standard InChI is InChI=1S/C12H16ClNO/c1-8(14)2-3-9-6-11(13)7-10-4-5-15-12(9)10/h6-8H,2-5,14H2,1H3. The largest absolute Gasteiger partial charge is 0.493 e. The van der Waals surface area contributed by atoms with Crippen LogP contribution in [0.5, 0.6) is 5.75 Å². The number of rotatable bonds is 3. The summed E-state index contributed by atoms with van der Waals surface area (Å²) < 4.78 is 5.62. The van der Waals surface area contributed by atoms with E-state index in [4.69, 9.17) is 22.1 Å². The summed E-state index contributed by atoms with van der Waals surface area (Å²) in [7, 11) is 0. The molecular formula is C12H16ClNO. The predicted octanol–water partition coefficient (Wildman–Crippen LogP) is 2.55. The first-order chi connectivity index (χ1) is 7.16. The van der Waals surface area contributed by atoms with E-state index in [-0.39, 0.29) is 6.04 Å². The molecule has 1 heterocycles. The Morgan fingerprint density at radius 2 is 2.33 bits per heavy atom. The second-order valence-corrected chi connectivity index (χ2v) is 4.60. The average molecular weight is 226 g/mol. The smallest absolute Gasteiger partial charge is 0.125 e. The van der Waals surface area contributed by atoms with Crippen molar-refractivity contribution < 1.29 is 4.74 Å². The van der Waals surface area contributed by atoms with Gasteiger partial charge in [0.15, 0.2) is 0 Å². The third-order valence-electron chi connectivity index (χ3n) is 2.69. The predicted molar refractivity (Wildman–Crippen MR) is 62.6 cm³/mol. The fraction of sp³-hybridized carbons (Fsp3) is 0.500. The van der Waals surface area contributed by atoms with Crippen LogP contribution in [0.4, 0.5) is 0 Å². The SMILES string of the molecule is CC(N)CCc1cc(Cl)cc2c1OCC2. The number of ether oxygens (including phenoxy) is 1. The van der Waals surface area contributed by atoms with Gasteiger partial charge in [0.05, 0.1) is 6.61 Å². The zero-order valence-electron chi connectivity index (χ0n) is 8.92. The van der Waals surface area contributed by atoms with Crippen molar-refractivity contribution in [2.75, 3.05) is 6.61 Å². The van der Waals surface area contributed by atoms with E-state index in [1.54, 1.807) is 0 Å². The summed E-state index contributed by atoms with van der Waals surface area (Å²) in [6.07, 6.45) is 2.89. The van der Waals surface area contributed by atoms with Crippen LogP contribution < -0.4 is 10.5 Å². The van der Waals surface area contributed by atoms with E-state index in [0.29, 0.717) is 0 Å². The number of fused-ring (bicyclic) bond motifs is 1. The number of hydrogen-bond acceptors (Lipinski definition) is 2. The molecule has 3 heteroatoms. The van der Waals surface area contributed by atoms with Crippen molar-refractivity contribution in [2.24, 2.45) is 5.73 Å². The number of nitrogens with two attached hydrogens (primary N) is 1. The van der Waals surface area contributed by atoms with Gasteiger partial charge in [0.1, 0.15) is 5.75 Å². The maximum absolute atomic E-state index is 6.06. The molecule has 0 bridgehead atoms. The van der Waals surface area contributed by atoms with E-state index < -0.39 is 0 Å². The molecule has 0 spiro atoms. The molecule has 0 fully saturated rings. The highest BCUT2D eigenvalue weighted by Crippen LogP contribution is 2.33. The second-order valence-electron chi connectivity index (χ2n) is 4.17. The average Bonchev–Trinajstić information content (AvgIpc) is 2.61. The molecule has 0 saturated carbocycles. The van der Waals surface area contributed by atoms with Gasteiger partial charge in [-0.25, -0.2) is 0 Å². The molecule has 2 nitrogen and oxygen atoms in total. The van der Waals surface area contributed by atoms with Crippen LogP contribution in [0.3, 0.4) is 0 Å². The fourth-order valence-electron chi connectivity index (χ4n) is 1.91. The van der Waals surface area contributed by atoms with Crippen molar-refractivity contribution in [1.29, 1.82) is 0 Å². The van der Waals surface area contributed by atoms with Gasteiger partial charge in [-0.05, 0) is 43.0 Å². The number of hydrogen-bond donors (Lipinski definition) is 1. The molecule has 0 radical (unpaired) electrons. The molecule has 1 atom stereocenters. The van der Waals surface area contributed by atoms with Crippen molar-refractivity contribution in [3.8, 4) is 5.75 Å². The minimum atomic E-state index is 0.223. The first kappa shape index (κ1) is 10.8. The third kappa shape index (κ3) is 2.44. The topological polar surface area (TPSA) is 35.2 Å². The summed E-state index contributed by atoms with van der Waals surface area (Å²) in [5.41, 5.74) is 8.19. The van der Waals surface area contributed by atoms with Crippen molar-refractivity contribution in [3.63, 3.8) is 0 Å². The summed E-state index contributed by atoms with van der Waals surface area (Å²) >= 11 is 6.06. The zero-order valence-corrected chi connectivity index (χ0v) is 9.68. The van der Waals surface area contributed by atoms with Gasteiger partial charge in [-0.1, -0.05) is 11.6 Å². The van der Waals surface area contributed by atoms with E-state index in [2.05, 4.69) is 0 Å². The van der Waals surface area contributed by atoms with Gasteiger partial charge in [-0.3, -0.25) is 0 Å². The molecule has 0 saturated heterocycles. The van der Waals surface area contributed by atoms with Crippen LogP contribution in [0, 0.1) is 0 Å². The Morgan fingerprint density at radius 3 is 3.07 bits per heavy atom. The summed E-state index contributed by atoms with van der Waals surface area (Å²) in [5.74, 6) is 1.04. The van der Waals surface area contributed by atoms with Crippen LogP contribution in [-0.4, -0.2) is 12.6 Å². The quantitative estimate of drug-likeness (QED) is 0.858. The summed E-state index contributed by atoms with van der Waals surface area (Å²) in [6.45, 7) is 2.80. The summed E-state index contributed by atoms with van der Waals surface area (Å²) in [5, 5.41) is 0.805. The Morgan fingerprint density at radius 1 is 1.53 bits per heavy atom. The monoisotopic (exact) mass is 225 g/mol. The van der Waals surface area contributed by atoms with Gasteiger partial charge in [-0.2, -0.15) is 0 Å². The van der Waals surface area contributed by atoms with Gasteiger partial charge in [0.2, 0.25) is 0 Å². The molecule has 0 amide bonds. The van der Waals surface area contributed by atoms with Crippen LogP contribution in [-0.2, 0) is 12.8 Å². The molecule has 82 valence electrons. The lowest BCUT2D eigenvalue weighted by molar-refractivity contribution is 0.353. The van der Waals surface area contributed by atoms with Crippen LogP contribution in [0.2, 0.25) is 5.02 Å². The lowest BCUT2D eigenvalue weighted by atomic mass is 10.0. The van der Waals surface area contributed by atoms with Crippen molar-refractivity contribution in [3.05, 3.63) is 28.3 Å². The Kier molecular flexibility index (Phi) is 3.17. The van der Waals surface area contributed by atoms with Gasteiger partial charge < -0.3 is 10.5 Å². The molecule has 0 aliphatic carbocycles. The molecule has 2 N–H and O–H groups in total. The Labute approximate surface area is 95.4 Å². The fourth-order valence-corrected chi connectivity index (χ4v) is 2.18. The number of aryl methyl sites for hydroxylation is 1. The maximum Gasteiger partial charge on any atom is 0.125 e. The van der Waals surface area contributed by atoms with E-state index >= 15 is 0 Å². The molecule has 15 heavy (non-hydrogen) atoms. The minimum absolute atomic E-state index is 0.223. The lowest BCUT2D eigenvalue weighted by Crippen LogP contribution is -2.15. The Bertz CT molecular complexity index is 363. The van der Waals surface area contributed by atoms with E-state index in [1.165, 1.54) is 11.1 Å². The molecule has 1 aromatic rings. The number of halogens is 1. The van der Waals surface area contributed by atoms with E-state index in [9.17, 15) is 0 Å². The van der Waals surface area contributed by atoms with Crippen LogP contribution in [0.25, 0.3) is 0 Å². The first-order valence-corrected chi connectivity index (χ1v) is 5.74. The molecule has 1 unspecified atom stereocenters. The normalized spacial score (nSPS) is 15.9. The third-order valence-corrected chi connectivity index (χ3v) is 2.91. The van der Waals surface area contributed by atoms with Gasteiger partial charge >= 0.3 is 0 Å². The highest BCUT2D eigenvalue weighted by Gasteiger charge is 2.17. The summed E-state index contributed by atoms with van der Waals surface area (Å²) in [6, 6.07) is 4.22. The minimum Gasteiger partial charge on any atom is -0.493 e. The first-order valence-electron chi connectivity index (χ1n) is 5.36. The van der Waals surface area contributed by atoms with Gasteiger partial charge in [-0.15, -0.1) is 0 Å². The molecular weight excluding hydrogens is 210 g/mol. The van der Waals surface area contributed by atoms with Crippen molar-refractivity contribution in [1.82, 2.24) is 0 Å². The van der Waals surface area contributed by atoms with Crippen LogP contribution in [0.15, 0.2) is 12.1 Å². The molecule has 1 aromatic carbocycles. The maximum atomic E-state index is 6.06. The molecule has 1 aliphatic rings. The second kappa shape index (κ2) is 4.42. The highest BCUT2D eigenvalue weighted by molar-refractivity contribution is 6.30. The van der Waals surface area contributed by atoms with Crippen molar-refractivity contribution in [2.45, 2.75) is 32.2 Å². The van der Waals surface area contributed by atoms with Gasteiger partial charge in [0, 0.05) is 17.5 Å². The molecule has 2 rings (SSSR count). The highest BCUT2D eigenvalue weighted by atomic mass is 35.5. The molecule has 0 aromatic heterocycles. The van der Waals surface area contributed by atoms with Crippen molar-refractivity contribution >= 4 is 11.6 Å². The van der Waals surface area contributed by atoms with Gasteiger partial charge in [0.25, 0.3) is 0 Å². The lowest BCUT2D eigenvalue weighted by Gasteiger charge is -2.10. The summed E-state index contributed by atoms with van der Waals surface area (Å²) in [4.78, 5) is 0. The molecule has 1 aliphatic heterocycles. The van der Waals surface area contributed by atoms with Crippen LogP contribution >= 0.6 is 11.6 Å². The van der Waals surface area contributed by atoms with Crippen LogP contribution in [0.1, 0.15) is 24.5 Å². The zero-order chi connectivity index (χ0) is 10.8. The number of benzene rings is 1.